The molecular formula is C18H21N6O2+. The fourth-order valence-electron chi connectivity index (χ4n) is 3.43. The molecular weight excluding hydrogens is 332 g/mol. The van der Waals surface area contributed by atoms with Gasteiger partial charge in [0.25, 0.3) is 5.91 Å². The predicted molar refractivity (Wildman–Crippen MR) is 97.1 cm³/mol. The summed E-state index contributed by atoms with van der Waals surface area (Å²) >= 11 is 0. The number of guanidine groups is 1. The molecule has 1 fully saturated rings. The van der Waals surface area contributed by atoms with Gasteiger partial charge in [0.05, 0.1) is 12.3 Å². The molecule has 2 unspecified atom stereocenters. The second-order valence-corrected chi connectivity index (χ2v) is 6.90. The molecule has 1 N–H and O–H groups in total. The van der Waals surface area contributed by atoms with E-state index in [2.05, 4.69) is 15.5 Å². The second kappa shape index (κ2) is 5.76. The Kier molecular flexibility index (Phi) is 3.64. The zero-order chi connectivity index (χ0) is 18.6. The van der Waals surface area contributed by atoms with Crippen LogP contribution in [0.4, 0.5) is 4.79 Å². The maximum atomic E-state index is 13.2. The van der Waals surface area contributed by atoms with Crippen LogP contribution in [-0.4, -0.2) is 63.0 Å². The minimum Gasteiger partial charge on any atom is -0.270 e. The first kappa shape index (κ1) is 16.4. The molecule has 26 heavy (non-hydrogen) atoms. The minimum atomic E-state index is -0.619. The van der Waals surface area contributed by atoms with Gasteiger partial charge in [0, 0.05) is 7.05 Å². The molecule has 3 heterocycles. The second-order valence-electron chi connectivity index (χ2n) is 6.90. The monoisotopic (exact) mass is 353 g/mol. The zero-order valence-electron chi connectivity index (χ0n) is 15.2. The van der Waals surface area contributed by atoms with Gasteiger partial charge in [0.1, 0.15) is 6.04 Å². The highest BCUT2D eigenvalue weighted by atomic mass is 16.2. The van der Waals surface area contributed by atoms with Crippen LogP contribution in [0.3, 0.4) is 0 Å². The van der Waals surface area contributed by atoms with Crippen LogP contribution in [-0.2, 0) is 11.3 Å². The molecule has 1 aromatic carbocycles. The number of amides is 3. The van der Waals surface area contributed by atoms with Crippen molar-refractivity contribution in [3.05, 3.63) is 35.4 Å². The SMILES string of the molecule is CC1=NNC2=[N+](C1C)C1C(=O)N(Cc3ccc(C)cc3)C(=O)N(C)C1=N2. The van der Waals surface area contributed by atoms with Crippen LogP contribution in [0.25, 0.3) is 0 Å². The summed E-state index contributed by atoms with van der Waals surface area (Å²) in [6, 6.07) is 6.76. The van der Waals surface area contributed by atoms with Crippen molar-refractivity contribution in [2.24, 2.45) is 10.1 Å². The summed E-state index contributed by atoms with van der Waals surface area (Å²) in [5, 5.41) is 4.23. The number of hydrazone groups is 1. The topological polar surface area (TPSA) is 80.4 Å². The largest absolute Gasteiger partial charge is 0.414 e. The van der Waals surface area contributed by atoms with E-state index in [1.54, 1.807) is 7.05 Å². The number of hydrogen-bond donors (Lipinski definition) is 1. The molecule has 3 amide bonds. The van der Waals surface area contributed by atoms with Crippen LogP contribution in [0.15, 0.2) is 34.4 Å². The number of aliphatic imine (C=N–C) groups is 1. The summed E-state index contributed by atoms with van der Waals surface area (Å²) in [6.07, 6.45) is 0. The normalized spacial score (nSPS) is 24.9. The summed E-state index contributed by atoms with van der Waals surface area (Å²) in [7, 11) is 1.65. The quantitative estimate of drug-likeness (QED) is 0.803. The Bertz CT molecular complexity index is 899. The third-order valence-corrected chi connectivity index (χ3v) is 5.16. The number of carbonyl (C=O) groups excluding carboxylic acids is 2. The van der Waals surface area contributed by atoms with E-state index >= 15 is 0 Å². The molecule has 0 saturated carbocycles. The van der Waals surface area contributed by atoms with E-state index in [1.807, 2.05) is 49.6 Å². The van der Waals surface area contributed by atoms with E-state index in [4.69, 9.17) is 0 Å². The molecule has 3 aliphatic rings. The van der Waals surface area contributed by atoms with Gasteiger partial charge in [-0.3, -0.25) is 14.6 Å². The Morgan fingerprint density at radius 3 is 2.58 bits per heavy atom. The number of rotatable bonds is 2. The van der Waals surface area contributed by atoms with Crippen molar-refractivity contribution in [1.29, 1.82) is 0 Å². The number of imide groups is 1. The summed E-state index contributed by atoms with van der Waals surface area (Å²) in [4.78, 5) is 33.2. The van der Waals surface area contributed by atoms with Crippen LogP contribution < -0.4 is 5.43 Å². The molecule has 0 spiro atoms. The summed E-state index contributed by atoms with van der Waals surface area (Å²) in [6.45, 7) is 6.12. The molecule has 2 atom stereocenters. The zero-order valence-corrected chi connectivity index (χ0v) is 15.2. The molecule has 1 aromatic rings. The highest BCUT2D eigenvalue weighted by Gasteiger charge is 2.54. The minimum absolute atomic E-state index is 0.0794. The van der Waals surface area contributed by atoms with Crippen LogP contribution >= 0.6 is 0 Å². The van der Waals surface area contributed by atoms with E-state index in [9.17, 15) is 9.59 Å². The first-order valence-electron chi connectivity index (χ1n) is 8.57. The summed E-state index contributed by atoms with van der Waals surface area (Å²) < 4.78 is 1.89. The van der Waals surface area contributed by atoms with Gasteiger partial charge < -0.3 is 0 Å². The van der Waals surface area contributed by atoms with Crippen LogP contribution in [0, 0.1) is 6.92 Å². The van der Waals surface area contributed by atoms with Crippen LogP contribution in [0.2, 0.25) is 0 Å². The number of nitrogens with one attached hydrogen (secondary N) is 1. The van der Waals surface area contributed by atoms with Gasteiger partial charge in [-0.05, 0) is 26.3 Å². The number of carbonyl (C=O) groups is 2. The average Bonchev–Trinajstić information content (AvgIpc) is 3.02. The van der Waals surface area contributed by atoms with Crippen molar-refractivity contribution in [2.45, 2.75) is 39.4 Å². The van der Waals surface area contributed by atoms with Gasteiger partial charge in [-0.15, -0.1) is 5.10 Å². The maximum Gasteiger partial charge on any atom is 0.414 e. The first-order valence-corrected chi connectivity index (χ1v) is 8.57. The van der Waals surface area contributed by atoms with E-state index in [0.717, 1.165) is 16.8 Å². The summed E-state index contributed by atoms with van der Waals surface area (Å²) in [5.41, 5.74) is 5.79. The Morgan fingerprint density at radius 2 is 1.88 bits per heavy atom. The van der Waals surface area contributed by atoms with Crippen molar-refractivity contribution in [2.75, 3.05) is 7.05 Å². The van der Waals surface area contributed by atoms with Gasteiger partial charge in [0.2, 0.25) is 11.9 Å². The Morgan fingerprint density at radius 1 is 1.19 bits per heavy atom. The molecule has 0 radical (unpaired) electrons. The molecule has 3 aliphatic heterocycles. The maximum absolute atomic E-state index is 13.2. The molecule has 8 heteroatoms. The smallest absolute Gasteiger partial charge is 0.270 e. The lowest BCUT2D eigenvalue weighted by Gasteiger charge is -2.35. The molecule has 0 aromatic heterocycles. The lowest BCUT2D eigenvalue weighted by atomic mass is 10.1. The van der Waals surface area contributed by atoms with E-state index in [-0.39, 0.29) is 24.5 Å². The molecule has 0 bridgehead atoms. The highest BCUT2D eigenvalue weighted by Crippen LogP contribution is 2.24. The van der Waals surface area contributed by atoms with Crippen molar-refractivity contribution < 1.29 is 14.2 Å². The lowest BCUT2D eigenvalue weighted by molar-refractivity contribution is -0.555. The van der Waals surface area contributed by atoms with E-state index < -0.39 is 6.04 Å². The standard InChI is InChI=1S/C18H20N6O2/c1-10-5-7-13(8-6-10)9-23-16(25)14-15(22(4)18(23)26)19-17-21-20-11(2)12(3)24(14)17/h5-8,12,14H,9H2,1-4H3/p+1. The van der Waals surface area contributed by atoms with Crippen molar-refractivity contribution >= 4 is 29.4 Å². The molecule has 0 aliphatic carbocycles. The fourth-order valence-corrected chi connectivity index (χ4v) is 3.43. The average molecular weight is 353 g/mol. The van der Waals surface area contributed by atoms with Crippen LogP contribution in [0.5, 0.6) is 0 Å². The molecule has 134 valence electrons. The third kappa shape index (κ3) is 2.33. The Labute approximate surface area is 151 Å². The number of fused-ring (bicyclic) bond motifs is 2. The highest BCUT2D eigenvalue weighted by molar-refractivity contribution is 6.23. The number of hydrogen-bond acceptors (Lipinski definition) is 5. The van der Waals surface area contributed by atoms with Crippen LogP contribution in [0.1, 0.15) is 25.0 Å². The number of likely N-dealkylation sites (N-methyl/N-ethyl adjacent to an activating group) is 1. The number of amidine groups is 1. The summed E-state index contributed by atoms with van der Waals surface area (Å²) in [5.74, 6) is 0.693. The number of benzene rings is 1. The predicted octanol–water partition coefficient (Wildman–Crippen LogP) is 0.906. The fraction of sp³-hybridized carbons (Fsp3) is 0.389. The number of urea groups is 1. The molecule has 8 nitrogen and oxygen atoms in total. The Balaban J connectivity index is 1.68. The molecule has 4 rings (SSSR count). The van der Waals surface area contributed by atoms with E-state index in [1.165, 1.54) is 9.80 Å². The van der Waals surface area contributed by atoms with Gasteiger partial charge in [0.15, 0.2) is 0 Å². The third-order valence-electron chi connectivity index (χ3n) is 5.16. The van der Waals surface area contributed by atoms with Gasteiger partial charge in [-0.2, -0.15) is 5.43 Å². The van der Waals surface area contributed by atoms with Crippen molar-refractivity contribution in [3.63, 3.8) is 0 Å². The van der Waals surface area contributed by atoms with Gasteiger partial charge in [-0.25, -0.2) is 9.37 Å². The number of aryl methyl sites for hydroxylation is 1. The first-order chi connectivity index (χ1) is 12.4. The van der Waals surface area contributed by atoms with Gasteiger partial charge >= 0.3 is 12.0 Å². The van der Waals surface area contributed by atoms with Gasteiger partial charge in [-0.1, -0.05) is 34.8 Å². The lowest BCUT2D eigenvalue weighted by Crippen LogP contribution is -2.64. The van der Waals surface area contributed by atoms with E-state index in [0.29, 0.717) is 11.8 Å². The Hall–Kier alpha value is -3.03. The molecule has 1 saturated heterocycles. The van der Waals surface area contributed by atoms with Crippen molar-refractivity contribution in [3.8, 4) is 0 Å². The van der Waals surface area contributed by atoms with Crippen molar-refractivity contribution in [1.82, 2.24) is 15.2 Å². The number of nitrogens with zero attached hydrogens (tertiary/aromatic N) is 5.